The second kappa shape index (κ2) is 6.82. The van der Waals surface area contributed by atoms with Gasteiger partial charge in [-0.05, 0) is 6.92 Å². The van der Waals surface area contributed by atoms with Gasteiger partial charge in [0.1, 0.15) is 4.32 Å². The summed E-state index contributed by atoms with van der Waals surface area (Å²) in [6.45, 7) is 5.00. The molecule has 0 bridgehead atoms. The standard InChI is InChI=1S/C6H14N2S3Si/c1-4(3-7-5(9)10)8-6(11)12-2/h4H,3,12H2,1-2H3,(H,8,11)(H2,7,9,10). The lowest BCUT2D eigenvalue weighted by Gasteiger charge is -2.15. The molecule has 0 rings (SSSR count). The molecule has 0 aromatic rings. The fourth-order valence-electron chi connectivity index (χ4n) is 0.668. The summed E-state index contributed by atoms with van der Waals surface area (Å²) in [7, 11) is -0.200. The number of nitrogens with one attached hydrogen (secondary N) is 2. The van der Waals surface area contributed by atoms with Crippen LogP contribution in [0.3, 0.4) is 0 Å². The Kier molecular flexibility index (Phi) is 7.02. The summed E-state index contributed by atoms with van der Waals surface area (Å²) in [4.78, 5) is 0. The molecule has 0 saturated heterocycles. The maximum Gasteiger partial charge on any atom is 0.130 e. The van der Waals surface area contributed by atoms with Gasteiger partial charge in [0.2, 0.25) is 0 Å². The van der Waals surface area contributed by atoms with Crippen molar-refractivity contribution in [2.24, 2.45) is 0 Å². The van der Waals surface area contributed by atoms with Gasteiger partial charge in [0, 0.05) is 17.2 Å². The Balaban J connectivity index is 3.52. The Morgan fingerprint density at radius 3 is 2.58 bits per heavy atom. The van der Waals surface area contributed by atoms with Crippen molar-refractivity contribution in [3.05, 3.63) is 0 Å². The van der Waals surface area contributed by atoms with Crippen LogP contribution in [0.5, 0.6) is 0 Å². The molecule has 1 atom stereocenters. The third kappa shape index (κ3) is 7.02. The number of thiol groups is 1. The highest BCUT2D eigenvalue weighted by Gasteiger charge is 2.01. The van der Waals surface area contributed by atoms with Crippen molar-refractivity contribution in [1.29, 1.82) is 0 Å². The largest absolute Gasteiger partial charge is 0.380 e. The molecule has 0 aliphatic rings. The van der Waals surface area contributed by atoms with Gasteiger partial charge in [-0.25, -0.2) is 0 Å². The van der Waals surface area contributed by atoms with Crippen LogP contribution in [0.4, 0.5) is 0 Å². The van der Waals surface area contributed by atoms with Crippen LogP contribution in [-0.4, -0.2) is 31.0 Å². The van der Waals surface area contributed by atoms with E-state index in [1.165, 1.54) is 0 Å². The van der Waals surface area contributed by atoms with Crippen LogP contribution in [0.2, 0.25) is 6.55 Å². The maximum absolute atomic E-state index is 5.08. The van der Waals surface area contributed by atoms with E-state index in [0.717, 1.165) is 11.2 Å². The van der Waals surface area contributed by atoms with E-state index >= 15 is 0 Å². The number of thiocarbonyl (C=S) groups is 2. The first kappa shape index (κ1) is 12.3. The summed E-state index contributed by atoms with van der Waals surface area (Å²) in [6.07, 6.45) is 0. The van der Waals surface area contributed by atoms with E-state index in [0.29, 0.717) is 10.4 Å². The molecule has 0 heterocycles. The van der Waals surface area contributed by atoms with Crippen molar-refractivity contribution < 1.29 is 0 Å². The number of hydrogen-bond donors (Lipinski definition) is 3. The van der Waals surface area contributed by atoms with Gasteiger partial charge in [0.15, 0.2) is 0 Å². The van der Waals surface area contributed by atoms with Gasteiger partial charge in [-0.2, -0.15) is 0 Å². The Labute approximate surface area is 92.1 Å². The van der Waals surface area contributed by atoms with E-state index in [1.807, 2.05) is 0 Å². The van der Waals surface area contributed by atoms with Gasteiger partial charge in [-0.15, -0.1) is 12.6 Å². The van der Waals surface area contributed by atoms with Gasteiger partial charge in [0.25, 0.3) is 0 Å². The highest BCUT2D eigenvalue weighted by atomic mass is 32.1. The fourth-order valence-corrected chi connectivity index (χ4v) is 1.60. The first-order valence-electron chi connectivity index (χ1n) is 3.82. The third-order valence-electron chi connectivity index (χ3n) is 1.29. The van der Waals surface area contributed by atoms with Crippen LogP contribution in [0.15, 0.2) is 0 Å². The molecule has 1 unspecified atom stereocenters. The van der Waals surface area contributed by atoms with Crippen LogP contribution in [0, 0.1) is 0 Å². The summed E-state index contributed by atoms with van der Waals surface area (Å²) in [5.74, 6) is 0. The van der Waals surface area contributed by atoms with E-state index in [-0.39, 0.29) is 9.52 Å². The normalized spacial score (nSPS) is 12.9. The zero-order chi connectivity index (χ0) is 9.56. The van der Waals surface area contributed by atoms with Crippen LogP contribution in [0.1, 0.15) is 6.92 Å². The Bertz CT molecular complexity index is 174. The van der Waals surface area contributed by atoms with E-state index in [4.69, 9.17) is 24.4 Å². The maximum atomic E-state index is 5.08. The van der Waals surface area contributed by atoms with Gasteiger partial charge >= 0.3 is 0 Å². The van der Waals surface area contributed by atoms with E-state index in [1.54, 1.807) is 0 Å². The summed E-state index contributed by atoms with van der Waals surface area (Å²) >= 11 is 13.8. The highest BCUT2D eigenvalue weighted by molar-refractivity contribution is 8.11. The smallest absolute Gasteiger partial charge is 0.130 e. The monoisotopic (exact) mass is 238 g/mol. The SMILES string of the molecule is C[SiH2]C(=S)NC(C)CNC(=S)S. The molecule has 0 radical (unpaired) electrons. The molecule has 0 aromatic heterocycles. The Hall–Kier alpha value is 0.347. The summed E-state index contributed by atoms with van der Waals surface area (Å²) in [6, 6.07) is 0.329. The van der Waals surface area contributed by atoms with E-state index in [2.05, 4.69) is 36.7 Å². The molecule has 0 aliphatic heterocycles. The minimum absolute atomic E-state index is 0.200. The molecule has 2 nitrogen and oxygen atoms in total. The molecule has 0 fully saturated rings. The van der Waals surface area contributed by atoms with Gasteiger partial charge in [-0.3, -0.25) is 0 Å². The average Bonchev–Trinajstić information content (AvgIpc) is 2.00. The van der Waals surface area contributed by atoms with Crippen molar-refractivity contribution in [2.45, 2.75) is 19.5 Å². The van der Waals surface area contributed by atoms with Crippen LogP contribution in [0.25, 0.3) is 0 Å². The molecule has 0 saturated carbocycles. The first-order chi connectivity index (χ1) is 5.56. The number of rotatable bonds is 4. The lowest BCUT2D eigenvalue weighted by atomic mass is 10.3. The van der Waals surface area contributed by atoms with E-state index in [9.17, 15) is 0 Å². The van der Waals surface area contributed by atoms with Crippen molar-refractivity contribution >= 4 is 55.5 Å². The summed E-state index contributed by atoms with van der Waals surface area (Å²) in [5, 5.41) is 6.19. The lowest BCUT2D eigenvalue weighted by molar-refractivity contribution is 0.652. The lowest BCUT2D eigenvalue weighted by Crippen LogP contribution is -2.41. The van der Waals surface area contributed by atoms with Gasteiger partial charge in [0.05, 0.1) is 9.52 Å². The topological polar surface area (TPSA) is 24.1 Å². The molecule has 2 N–H and O–H groups in total. The first-order valence-corrected chi connectivity index (χ1v) is 7.21. The zero-order valence-electron chi connectivity index (χ0n) is 7.26. The molecule has 0 spiro atoms. The second-order valence-electron chi connectivity index (χ2n) is 2.51. The fraction of sp³-hybridized carbons (Fsp3) is 0.667. The molecule has 0 aromatic carbocycles. The molecule has 70 valence electrons. The van der Waals surface area contributed by atoms with Crippen molar-refractivity contribution in [3.63, 3.8) is 0 Å². The van der Waals surface area contributed by atoms with Crippen molar-refractivity contribution in [2.75, 3.05) is 6.54 Å². The van der Waals surface area contributed by atoms with Crippen molar-refractivity contribution in [3.8, 4) is 0 Å². The quantitative estimate of drug-likeness (QED) is 0.372. The zero-order valence-corrected chi connectivity index (χ0v) is 11.2. The minimum atomic E-state index is -0.200. The second-order valence-corrected chi connectivity index (χ2v) is 6.09. The Morgan fingerprint density at radius 1 is 1.58 bits per heavy atom. The van der Waals surface area contributed by atoms with E-state index < -0.39 is 0 Å². The molecule has 6 heteroatoms. The molecular weight excluding hydrogens is 224 g/mol. The molecule has 0 aliphatic carbocycles. The molecule has 12 heavy (non-hydrogen) atoms. The van der Waals surface area contributed by atoms with Crippen molar-refractivity contribution in [1.82, 2.24) is 10.6 Å². The van der Waals surface area contributed by atoms with Gasteiger partial charge < -0.3 is 10.6 Å². The van der Waals surface area contributed by atoms with Crippen LogP contribution in [-0.2, 0) is 0 Å². The van der Waals surface area contributed by atoms with Crippen LogP contribution < -0.4 is 10.6 Å². The minimum Gasteiger partial charge on any atom is -0.380 e. The third-order valence-corrected chi connectivity index (χ3v) is 3.42. The predicted octanol–water partition coefficient (Wildman–Crippen LogP) is 0.271. The van der Waals surface area contributed by atoms with Crippen LogP contribution >= 0.6 is 37.1 Å². The summed E-state index contributed by atoms with van der Waals surface area (Å²) in [5.41, 5.74) is 0. The summed E-state index contributed by atoms with van der Waals surface area (Å²) < 4.78 is 1.55. The average molecular weight is 238 g/mol. The predicted molar refractivity (Wildman–Crippen MR) is 69.2 cm³/mol. The highest BCUT2D eigenvalue weighted by Crippen LogP contribution is 1.83. The number of hydrogen-bond acceptors (Lipinski definition) is 2. The molecular formula is C6H14N2S3Si. The van der Waals surface area contributed by atoms with Gasteiger partial charge in [-0.1, -0.05) is 31.0 Å². The molecule has 0 amide bonds. The Morgan fingerprint density at radius 2 is 2.17 bits per heavy atom.